The van der Waals surface area contributed by atoms with Gasteiger partial charge in [0.15, 0.2) is 11.5 Å². The molecule has 108 valence electrons. The maximum absolute atomic E-state index is 6.18. The quantitative estimate of drug-likeness (QED) is 0.796. The minimum absolute atomic E-state index is 0.142. The summed E-state index contributed by atoms with van der Waals surface area (Å²) in [6.07, 6.45) is 0. The molecule has 0 aliphatic rings. The van der Waals surface area contributed by atoms with Crippen LogP contribution in [0.3, 0.4) is 0 Å². The Kier molecular flexibility index (Phi) is 4.80. The third-order valence-corrected chi connectivity index (χ3v) is 3.94. The van der Waals surface area contributed by atoms with E-state index in [1.165, 1.54) is 11.8 Å². The standard InChI is InChI=1S/C12H17N5O2S/c1-17-12(14-15-16-17)20-7-9(13)8-4-5-10(18-2)11(6-8)19-3/h4-6,9H,7,13H2,1-3H3. The van der Waals surface area contributed by atoms with Crippen molar-refractivity contribution in [3.63, 3.8) is 0 Å². The highest BCUT2D eigenvalue weighted by molar-refractivity contribution is 7.99. The lowest BCUT2D eigenvalue weighted by atomic mass is 10.1. The third kappa shape index (κ3) is 3.20. The molecule has 0 saturated heterocycles. The number of methoxy groups -OCH3 is 2. The molecule has 2 aromatic rings. The van der Waals surface area contributed by atoms with Crippen molar-refractivity contribution in [2.45, 2.75) is 11.2 Å². The number of thioether (sulfide) groups is 1. The van der Waals surface area contributed by atoms with Gasteiger partial charge in [-0.2, -0.15) is 0 Å². The summed E-state index contributed by atoms with van der Waals surface area (Å²) in [5.74, 6) is 2.03. The second kappa shape index (κ2) is 6.58. The van der Waals surface area contributed by atoms with Crippen molar-refractivity contribution < 1.29 is 9.47 Å². The first-order valence-electron chi connectivity index (χ1n) is 5.98. The molecule has 0 spiro atoms. The summed E-state index contributed by atoms with van der Waals surface area (Å²) >= 11 is 1.51. The predicted molar refractivity (Wildman–Crippen MR) is 76.0 cm³/mol. The van der Waals surface area contributed by atoms with Gasteiger partial charge in [0, 0.05) is 18.8 Å². The zero-order valence-corrected chi connectivity index (χ0v) is 12.4. The van der Waals surface area contributed by atoms with Crippen molar-refractivity contribution in [2.24, 2.45) is 12.8 Å². The Balaban J connectivity index is 2.05. The fourth-order valence-corrected chi connectivity index (χ4v) is 2.53. The molecule has 1 unspecified atom stereocenters. The van der Waals surface area contributed by atoms with Crippen LogP contribution in [0.25, 0.3) is 0 Å². The molecular formula is C12H17N5O2S. The first-order valence-corrected chi connectivity index (χ1v) is 6.97. The molecule has 1 atom stereocenters. The Morgan fingerprint density at radius 3 is 2.65 bits per heavy atom. The maximum atomic E-state index is 6.18. The Bertz CT molecular complexity index is 575. The highest BCUT2D eigenvalue weighted by Gasteiger charge is 2.12. The van der Waals surface area contributed by atoms with Gasteiger partial charge in [-0.1, -0.05) is 17.8 Å². The fourth-order valence-electron chi connectivity index (χ4n) is 1.69. The van der Waals surface area contributed by atoms with Gasteiger partial charge >= 0.3 is 0 Å². The highest BCUT2D eigenvalue weighted by atomic mass is 32.2. The van der Waals surface area contributed by atoms with Crippen LogP contribution in [0.1, 0.15) is 11.6 Å². The van der Waals surface area contributed by atoms with Crippen LogP contribution in [0.4, 0.5) is 0 Å². The number of tetrazole rings is 1. The lowest BCUT2D eigenvalue weighted by Gasteiger charge is -2.14. The van der Waals surface area contributed by atoms with Crippen LogP contribution in [-0.2, 0) is 7.05 Å². The molecule has 8 heteroatoms. The molecule has 2 rings (SSSR count). The van der Waals surface area contributed by atoms with Crippen molar-refractivity contribution in [1.29, 1.82) is 0 Å². The smallest absolute Gasteiger partial charge is 0.209 e. The van der Waals surface area contributed by atoms with Crippen LogP contribution in [-0.4, -0.2) is 40.2 Å². The summed E-state index contributed by atoms with van der Waals surface area (Å²) < 4.78 is 12.1. The highest BCUT2D eigenvalue weighted by Crippen LogP contribution is 2.30. The molecule has 0 bridgehead atoms. The van der Waals surface area contributed by atoms with E-state index in [-0.39, 0.29) is 6.04 Å². The number of rotatable bonds is 6. The van der Waals surface area contributed by atoms with Gasteiger partial charge in [0.25, 0.3) is 0 Å². The van der Waals surface area contributed by atoms with Gasteiger partial charge in [-0.25, -0.2) is 4.68 Å². The van der Waals surface area contributed by atoms with E-state index in [1.807, 2.05) is 18.2 Å². The minimum atomic E-state index is -0.142. The summed E-state index contributed by atoms with van der Waals surface area (Å²) in [5.41, 5.74) is 7.16. The summed E-state index contributed by atoms with van der Waals surface area (Å²) in [5, 5.41) is 12.0. The number of benzene rings is 1. The van der Waals surface area contributed by atoms with Crippen LogP contribution < -0.4 is 15.2 Å². The molecule has 0 saturated carbocycles. The number of aryl methyl sites for hydroxylation is 1. The largest absolute Gasteiger partial charge is 0.493 e. The summed E-state index contributed by atoms with van der Waals surface area (Å²) in [7, 11) is 5.01. The molecule has 2 N–H and O–H groups in total. The Labute approximate surface area is 121 Å². The molecule has 0 fully saturated rings. The topological polar surface area (TPSA) is 88.1 Å². The number of nitrogens with two attached hydrogens (primary N) is 1. The predicted octanol–water partition coefficient (Wildman–Crippen LogP) is 1.02. The Morgan fingerprint density at radius 1 is 1.30 bits per heavy atom. The summed E-state index contributed by atoms with van der Waals surface area (Å²) in [4.78, 5) is 0. The molecule has 20 heavy (non-hydrogen) atoms. The molecular weight excluding hydrogens is 278 g/mol. The van der Waals surface area contributed by atoms with E-state index in [2.05, 4.69) is 15.5 Å². The molecule has 0 amide bonds. The molecule has 1 aromatic heterocycles. The summed E-state index contributed by atoms with van der Waals surface area (Å²) in [6, 6.07) is 5.53. The maximum Gasteiger partial charge on any atom is 0.209 e. The second-order valence-corrected chi connectivity index (χ2v) is 5.10. The lowest BCUT2D eigenvalue weighted by molar-refractivity contribution is 0.354. The molecule has 0 aliphatic heterocycles. The van der Waals surface area contributed by atoms with Crippen molar-refractivity contribution in [3.05, 3.63) is 23.8 Å². The van der Waals surface area contributed by atoms with Gasteiger partial charge in [-0.3, -0.25) is 0 Å². The number of nitrogens with zero attached hydrogens (tertiary/aromatic N) is 4. The molecule has 7 nitrogen and oxygen atoms in total. The number of hydrogen-bond acceptors (Lipinski definition) is 7. The van der Waals surface area contributed by atoms with E-state index < -0.39 is 0 Å². The molecule has 0 aliphatic carbocycles. The van der Waals surface area contributed by atoms with Crippen molar-refractivity contribution in [1.82, 2.24) is 20.2 Å². The van der Waals surface area contributed by atoms with E-state index in [4.69, 9.17) is 15.2 Å². The Hall–Kier alpha value is -1.80. The molecule has 1 aromatic carbocycles. The van der Waals surface area contributed by atoms with Gasteiger partial charge in [-0.15, -0.1) is 5.10 Å². The number of aromatic nitrogens is 4. The lowest BCUT2D eigenvalue weighted by Crippen LogP contribution is -2.13. The van der Waals surface area contributed by atoms with Gasteiger partial charge < -0.3 is 15.2 Å². The minimum Gasteiger partial charge on any atom is -0.493 e. The van der Waals surface area contributed by atoms with Crippen molar-refractivity contribution >= 4 is 11.8 Å². The monoisotopic (exact) mass is 295 g/mol. The van der Waals surface area contributed by atoms with Gasteiger partial charge in [0.1, 0.15) is 0 Å². The van der Waals surface area contributed by atoms with E-state index in [0.717, 1.165) is 10.7 Å². The van der Waals surface area contributed by atoms with E-state index in [1.54, 1.807) is 25.9 Å². The zero-order valence-electron chi connectivity index (χ0n) is 11.6. The second-order valence-electron chi connectivity index (χ2n) is 4.12. The average Bonchev–Trinajstić information content (AvgIpc) is 2.89. The normalized spacial score (nSPS) is 12.2. The number of ether oxygens (including phenoxy) is 2. The Morgan fingerprint density at radius 2 is 2.05 bits per heavy atom. The van der Waals surface area contributed by atoms with Crippen LogP contribution >= 0.6 is 11.8 Å². The van der Waals surface area contributed by atoms with Gasteiger partial charge in [-0.05, 0) is 28.1 Å². The average molecular weight is 295 g/mol. The van der Waals surface area contributed by atoms with E-state index in [9.17, 15) is 0 Å². The van der Waals surface area contributed by atoms with Crippen LogP contribution in [0.15, 0.2) is 23.4 Å². The van der Waals surface area contributed by atoms with Gasteiger partial charge in [0.2, 0.25) is 5.16 Å². The molecule has 0 radical (unpaired) electrons. The first kappa shape index (κ1) is 14.6. The van der Waals surface area contributed by atoms with Crippen molar-refractivity contribution in [2.75, 3.05) is 20.0 Å². The number of hydrogen-bond donors (Lipinski definition) is 1. The van der Waals surface area contributed by atoms with Crippen LogP contribution in [0.2, 0.25) is 0 Å². The molecule has 1 heterocycles. The third-order valence-electron chi connectivity index (χ3n) is 2.81. The van der Waals surface area contributed by atoms with Crippen molar-refractivity contribution in [3.8, 4) is 11.5 Å². The van der Waals surface area contributed by atoms with Crippen LogP contribution in [0.5, 0.6) is 11.5 Å². The van der Waals surface area contributed by atoms with Gasteiger partial charge in [0.05, 0.1) is 14.2 Å². The fraction of sp³-hybridized carbons (Fsp3) is 0.417. The first-order chi connectivity index (χ1) is 9.65. The SMILES string of the molecule is COc1ccc(C(N)CSc2nnnn2C)cc1OC. The van der Waals surface area contributed by atoms with E-state index in [0.29, 0.717) is 17.3 Å². The zero-order chi connectivity index (χ0) is 14.5. The summed E-state index contributed by atoms with van der Waals surface area (Å²) in [6.45, 7) is 0. The van der Waals surface area contributed by atoms with E-state index >= 15 is 0 Å². The van der Waals surface area contributed by atoms with Crippen LogP contribution in [0, 0.1) is 0 Å².